The second kappa shape index (κ2) is 9.47. The maximum absolute atomic E-state index is 13.4. The highest BCUT2D eigenvalue weighted by Gasteiger charge is 2.22. The molecule has 4 nitrogen and oxygen atoms in total. The quantitative estimate of drug-likeness (QED) is 0.744. The Bertz CT molecular complexity index is 577. The van der Waals surface area contributed by atoms with E-state index in [1.807, 2.05) is 13.0 Å². The second-order valence-electron chi connectivity index (χ2n) is 8.47. The van der Waals surface area contributed by atoms with Crippen LogP contribution in [-0.4, -0.2) is 66.4 Å². The van der Waals surface area contributed by atoms with Crippen molar-refractivity contribution in [2.24, 2.45) is 5.41 Å². The molecular formula is C21H34FN3O. The Morgan fingerprint density at radius 2 is 1.81 bits per heavy atom. The molecule has 146 valence electrons. The highest BCUT2D eigenvalue weighted by Crippen LogP contribution is 2.19. The van der Waals surface area contributed by atoms with E-state index in [4.69, 9.17) is 0 Å². The summed E-state index contributed by atoms with van der Waals surface area (Å²) < 4.78 is 13.4. The Hall–Kier alpha value is -1.46. The number of nitrogens with zero attached hydrogens (tertiary/aromatic N) is 3. The summed E-state index contributed by atoms with van der Waals surface area (Å²) in [4.78, 5) is 19.2. The average molecular weight is 364 g/mol. The SMILES string of the molecule is CCN(Cc1cccc(F)c1)C(=O)CN1CCN(CCC(C)(C)C)CC1. The van der Waals surface area contributed by atoms with Crippen molar-refractivity contribution in [3.63, 3.8) is 0 Å². The second-order valence-corrected chi connectivity index (χ2v) is 8.47. The smallest absolute Gasteiger partial charge is 0.237 e. The van der Waals surface area contributed by atoms with Crippen molar-refractivity contribution < 1.29 is 9.18 Å². The summed E-state index contributed by atoms with van der Waals surface area (Å²) in [6.07, 6.45) is 1.20. The number of hydrogen-bond acceptors (Lipinski definition) is 3. The van der Waals surface area contributed by atoms with Crippen LogP contribution in [0.25, 0.3) is 0 Å². The van der Waals surface area contributed by atoms with Crippen molar-refractivity contribution in [3.05, 3.63) is 35.6 Å². The number of carbonyl (C=O) groups excluding carboxylic acids is 1. The summed E-state index contributed by atoms with van der Waals surface area (Å²) in [6.45, 7) is 15.4. The van der Waals surface area contributed by atoms with Crippen molar-refractivity contribution in [2.45, 2.75) is 40.7 Å². The largest absolute Gasteiger partial charge is 0.338 e. The van der Waals surface area contributed by atoms with Crippen LogP contribution in [0.2, 0.25) is 0 Å². The maximum Gasteiger partial charge on any atom is 0.237 e. The Labute approximate surface area is 158 Å². The lowest BCUT2D eigenvalue weighted by Gasteiger charge is -2.36. The van der Waals surface area contributed by atoms with Crippen LogP contribution in [0.5, 0.6) is 0 Å². The van der Waals surface area contributed by atoms with E-state index >= 15 is 0 Å². The predicted molar refractivity (Wildman–Crippen MR) is 104 cm³/mol. The molecule has 1 aromatic rings. The third kappa shape index (κ3) is 7.04. The van der Waals surface area contributed by atoms with Gasteiger partial charge >= 0.3 is 0 Å². The fourth-order valence-corrected chi connectivity index (χ4v) is 3.19. The summed E-state index contributed by atoms with van der Waals surface area (Å²) in [6, 6.07) is 6.50. The Balaban J connectivity index is 1.78. The van der Waals surface area contributed by atoms with Gasteiger partial charge in [-0.15, -0.1) is 0 Å². The Kier molecular flexibility index (Phi) is 7.59. The van der Waals surface area contributed by atoms with Gasteiger partial charge < -0.3 is 9.80 Å². The molecule has 2 rings (SSSR count). The molecule has 1 saturated heterocycles. The Morgan fingerprint density at radius 3 is 2.38 bits per heavy atom. The standard InChI is InChI=1S/C21H34FN3O/c1-5-25(16-18-7-6-8-19(22)15-18)20(26)17-24-13-11-23(12-14-24)10-9-21(2,3)4/h6-8,15H,5,9-14,16-17H2,1-4H3. The van der Waals surface area contributed by atoms with E-state index in [1.165, 1.54) is 18.6 Å². The zero-order chi connectivity index (χ0) is 19.2. The third-order valence-electron chi connectivity index (χ3n) is 5.00. The number of carbonyl (C=O) groups is 1. The monoisotopic (exact) mass is 363 g/mol. The van der Waals surface area contributed by atoms with Gasteiger partial charge in [0.15, 0.2) is 0 Å². The van der Waals surface area contributed by atoms with Gasteiger partial charge in [-0.3, -0.25) is 9.69 Å². The van der Waals surface area contributed by atoms with Gasteiger partial charge in [-0.1, -0.05) is 32.9 Å². The summed E-state index contributed by atoms with van der Waals surface area (Å²) in [5.41, 5.74) is 1.21. The highest BCUT2D eigenvalue weighted by molar-refractivity contribution is 5.78. The highest BCUT2D eigenvalue weighted by atomic mass is 19.1. The van der Waals surface area contributed by atoms with Crippen LogP contribution >= 0.6 is 0 Å². The van der Waals surface area contributed by atoms with Gasteiger partial charge in [-0.2, -0.15) is 0 Å². The molecule has 1 amide bonds. The molecule has 0 saturated carbocycles. The minimum Gasteiger partial charge on any atom is -0.338 e. The lowest BCUT2D eigenvalue weighted by Crippen LogP contribution is -2.50. The average Bonchev–Trinajstić information content (AvgIpc) is 2.58. The first kappa shape index (κ1) is 20.8. The van der Waals surface area contributed by atoms with Crippen molar-refractivity contribution in [2.75, 3.05) is 45.8 Å². The van der Waals surface area contributed by atoms with Crippen LogP contribution in [0.1, 0.15) is 39.7 Å². The molecular weight excluding hydrogens is 329 g/mol. The van der Waals surface area contributed by atoms with Crippen LogP contribution in [0.4, 0.5) is 4.39 Å². The zero-order valence-corrected chi connectivity index (χ0v) is 16.8. The van der Waals surface area contributed by atoms with E-state index in [0.29, 0.717) is 25.0 Å². The first-order valence-corrected chi connectivity index (χ1v) is 9.74. The first-order valence-electron chi connectivity index (χ1n) is 9.74. The number of amides is 1. The van der Waals surface area contributed by atoms with Crippen LogP contribution in [0.15, 0.2) is 24.3 Å². The fourth-order valence-electron chi connectivity index (χ4n) is 3.19. The van der Waals surface area contributed by atoms with E-state index in [1.54, 1.807) is 11.0 Å². The van der Waals surface area contributed by atoms with Crippen LogP contribution in [-0.2, 0) is 11.3 Å². The molecule has 26 heavy (non-hydrogen) atoms. The van der Waals surface area contributed by atoms with Crippen molar-refractivity contribution in [1.29, 1.82) is 0 Å². The number of likely N-dealkylation sites (N-methyl/N-ethyl adjacent to an activating group) is 1. The first-order chi connectivity index (χ1) is 12.3. The summed E-state index contributed by atoms with van der Waals surface area (Å²) in [5, 5.41) is 0. The van der Waals surface area contributed by atoms with Crippen LogP contribution in [0, 0.1) is 11.2 Å². The van der Waals surface area contributed by atoms with E-state index in [9.17, 15) is 9.18 Å². The number of halogens is 1. The van der Waals surface area contributed by atoms with Crippen molar-refractivity contribution in [3.8, 4) is 0 Å². The number of benzene rings is 1. The zero-order valence-electron chi connectivity index (χ0n) is 16.8. The van der Waals surface area contributed by atoms with E-state index in [2.05, 4.69) is 30.6 Å². The lowest BCUT2D eigenvalue weighted by atomic mass is 9.92. The minimum absolute atomic E-state index is 0.125. The van der Waals surface area contributed by atoms with Gasteiger partial charge in [0.2, 0.25) is 5.91 Å². The third-order valence-corrected chi connectivity index (χ3v) is 5.00. The molecule has 0 spiro atoms. The molecule has 0 unspecified atom stereocenters. The number of hydrogen-bond donors (Lipinski definition) is 0. The van der Waals surface area contributed by atoms with Crippen molar-refractivity contribution >= 4 is 5.91 Å². The van der Waals surface area contributed by atoms with Gasteiger partial charge in [0, 0.05) is 39.3 Å². The number of rotatable bonds is 7. The van der Waals surface area contributed by atoms with Crippen LogP contribution < -0.4 is 0 Å². The van der Waals surface area contributed by atoms with Crippen molar-refractivity contribution in [1.82, 2.24) is 14.7 Å². The molecule has 0 aliphatic carbocycles. The molecule has 1 aliphatic heterocycles. The molecule has 1 aliphatic rings. The van der Waals surface area contributed by atoms with E-state index in [-0.39, 0.29) is 11.7 Å². The Morgan fingerprint density at radius 1 is 1.15 bits per heavy atom. The minimum atomic E-state index is -0.252. The van der Waals surface area contributed by atoms with Gasteiger partial charge in [0.25, 0.3) is 0 Å². The number of piperazine rings is 1. The molecule has 0 radical (unpaired) electrons. The topological polar surface area (TPSA) is 26.8 Å². The molecule has 1 fully saturated rings. The van der Waals surface area contributed by atoms with Gasteiger partial charge in [-0.05, 0) is 43.0 Å². The molecule has 0 atom stereocenters. The molecule has 5 heteroatoms. The molecule has 0 N–H and O–H groups in total. The van der Waals surface area contributed by atoms with E-state index < -0.39 is 0 Å². The van der Waals surface area contributed by atoms with Crippen LogP contribution in [0.3, 0.4) is 0 Å². The molecule has 0 aromatic heterocycles. The lowest BCUT2D eigenvalue weighted by molar-refractivity contribution is -0.133. The van der Waals surface area contributed by atoms with Gasteiger partial charge in [0.05, 0.1) is 6.54 Å². The molecule has 0 bridgehead atoms. The normalized spacial score (nSPS) is 16.7. The maximum atomic E-state index is 13.4. The summed E-state index contributed by atoms with van der Waals surface area (Å²) >= 11 is 0. The summed E-state index contributed by atoms with van der Waals surface area (Å²) in [5.74, 6) is -0.128. The van der Waals surface area contributed by atoms with Gasteiger partial charge in [0.1, 0.15) is 5.82 Å². The van der Waals surface area contributed by atoms with E-state index in [0.717, 1.165) is 38.3 Å². The van der Waals surface area contributed by atoms with Gasteiger partial charge in [-0.25, -0.2) is 4.39 Å². The fraction of sp³-hybridized carbons (Fsp3) is 0.667. The summed E-state index contributed by atoms with van der Waals surface area (Å²) in [7, 11) is 0. The predicted octanol–water partition coefficient (Wildman–Crippen LogP) is 3.23. The molecule has 1 heterocycles. The molecule has 1 aromatic carbocycles.